The molecule has 5 heteroatoms. The number of hydrogen-bond acceptors (Lipinski definition) is 3. The van der Waals surface area contributed by atoms with Crippen molar-refractivity contribution < 1.29 is 4.79 Å². The van der Waals surface area contributed by atoms with E-state index in [1.165, 1.54) is 5.56 Å². The van der Waals surface area contributed by atoms with Crippen molar-refractivity contribution in [3.63, 3.8) is 0 Å². The van der Waals surface area contributed by atoms with Crippen LogP contribution in [0.2, 0.25) is 0 Å². The molecule has 0 spiro atoms. The van der Waals surface area contributed by atoms with Crippen molar-refractivity contribution in [2.24, 2.45) is 12.1 Å². The molecule has 0 saturated heterocycles. The zero-order chi connectivity index (χ0) is 17.8. The molecule has 1 heterocycles. The molecule has 0 aliphatic carbocycles. The average molecular weight is 334 g/mol. The Kier molecular flexibility index (Phi) is 4.84. The lowest BCUT2D eigenvalue weighted by Gasteiger charge is -2.05. The first kappa shape index (κ1) is 16.8. The van der Waals surface area contributed by atoms with Gasteiger partial charge in [0.15, 0.2) is 0 Å². The summed E-state index contributed by atoms with van der Waals surface area (Å²) in [5.41, 5.74) is 7.94. The van der Waals surface area contributed by atoms with Crippen LogP contribution in [0.3, 0.4) is 0 Å². The number of aromatic nitrogens is 1. The van der Waals surface area contributed by atoms with E-state index in [1.54, 1.807) is 6.21 Å². The standard InChI is InChI=1S/C20H22N4O/c1-14-8-10-16(11-9-14)21-13-20(25)23-22-12-18-15(2)24(3)19-7-5-4-6-17(18)19/h4-12,21H,13H2,1-3H3,(H,23,25)/b22-12-. The van der Waals surface area contributed by atoms with Crippen molar-refractivity contribution in [1.29, 1.82) is 0 Å². The Morgan fingerprint density at radius 2 is 1.84 bits per heavy atom. The van der Waals surface area contributed by atoms with E-state index in [0.717, 1.165) is 27.8 Å². The minimum atomic E-state index is -0.185. The molecule has 0 fully saturated rings. The first-order chi connectivity index (χ1) is 12.1. The van der Waals surface area contributed by atoms with Crippen LogP contribution < -0.4 is 10.7 Å². The highest BCUT2D eigenvalue weighted by molar-refractivity contribution is 6.01. The van der Waals surface area contributed by atoms with Crippen molar-refractivity contribution in [1.82, 2.24) is 9.99 Å². The fraction of sp³-hybridized carbons (Fsp3) is 0.200. The number of rotatable bonds is 5. The molecule has 0 radical (unpaired) electrons. The summed E-state index contributed by atoms with van der Waals surface area (Å²) < 4.78 is 2.12. The summed E-state index contributed by atoms with van der Waals surface area (Å²) in [5, 5.41) is 8.31. The van der Waals surface area contributed by atoms with Gasteiger partial charge in [-0.15, -0.1) is 0 Å². The normalized spacial score (nSPS) is 11.2. The summed E-state index contributed by atoms with van der Waals surface area (Å²) in [4.78, 5) is 11.9. The van der Waals surface area contributed by atoms with E-state index >= 15 is 0 Å². The van der Waals surface area contributed by atoms with Crippen LogP contribution in [-0.4, -0.2) is 23.2 Å². The fourth-order valence-electron chi connectivity index (χ4n) is 2.78. The zero-order valence-corrected chi connectivity index (χ0v) is 14.7. The second-order valence-corrected chi connectivity index (χ2v) is 6.09. The van der Waals surface area contributed by atoms with Crippen LogP contribution >= 0.6 is 0 Å². The lowest BCUT2D eigenvalue weighted by atomic mass is 10.1. The molecule has 0 aliphatic heterocycles. The van der Waals surface area contributed by atoms with Gasteiger partial charge in [0.1, 0.15) is 0 Å². The van der Waals surface area contributed by atoms with Gasteiger partial charge in [0.25, 0.3) is 5.91 Å². The predicted molar refractivity (Wildman–Crippen MR) is 103 cm³/mol. The van der Waals surface area contributed by atoms with Gasteiger partial charge in [-0.1, -0.05) is 35.9 Å². The van der Waals surface area contributed by atoms with E-state index in [0.29, 0.717) is 0 Å². The number of para-hydroxylation sites is 1. The van der Waals surface area contributed by atoms with Gasteiger partial charge in [-0.3, -0.25) is 4.79 Å². The first-order valence-electron chi connectivity index (χ1n) is 8.22. The Morgan fingerprint density at radius 1 is 1.12 bits per heavy atom. The van der Waals surface area contributed by atoms with E-state index in [9.17, 15) is 4.79 Å². The third kappa shape index (κ3) is 3.71. The topological polar surface area (TPSA) is 58.4 Å². The molecule has 0 unspecified atom stereocenters. The Balaban J connectivity index is 1.62. The molecule has 3 rings (SSSR count). The number of aryl methyl sites for hydroxylation is 2. The summed E-state index contributed by atoms with van der Waals surface area (Å²) in [7, 11) is 2.03. The molecule has 1 amide bonds. The van der Waals surface area contributed by atoms with Gasteiger partial charge < -0.3 is 9.88 Å². The highest BCUT2D eigenvalue weighted by Gasteiger charge is 2.09. The Labute approximate surface area is 147 Å². The number of amides is 1. The molecule has 5 nitrogen and oxygen atoms in total. The van der Waals surface area contributed by atoms with Crippen molar-refractivity contribution in [2.75, 3.05) is 11.9 Å². The summed E-state index contributed by atoms with van der Waals surface area (Å²) in [6.45, 7) is 4.25. The molecule has 2 N–H and O–H groups in total. The summed E-state index contributed by atoms with van der Waals surface area (Å²) in [5.74, 6) is -0.185. The molecule has 1 aromatic heterocycles. The zero-order valence-electron chi connectivity index (χ0n) is 14.7. The number of fused-ring (bicyclic) bond motifs is 1. The molecule has 3 aromatic rings. The van der Waals surface area contributed by atoms with Gasteiger partial charge in [-0.2, -0.15) is 5.10 Å². The smallest absolute Gasteiger partial charge is 0.259 e. The lowest BCUT2D eigenvalue weighted by molar-refractivity contribution is -0.119. The van der Waals surface area contributed by atoms with Crippen LogP contribution in [0.1, 0.15) is 16.8 Å². The predicted octanol–water partition coefficient (Wildman–Crippen LogP) is 3.36. The van der Waals surface area contributed by atoms with Crippen molar-refractivity contribution in [3.05, 3.63) is 65.4 Å². The molecule has 0 saturated carbocycles. The molecule has 0 aliphatic rings. The third-order valence-electron chi connectivity index (χ3n) is 4.34. The second kappa shape index (κ2) is 7.21. The van der Waals surface area contributed by atoms with Gasteiger partial charge >= 0.3 is 0 Å². The number of nitrogens with one attached hydrogen (secondary N) is 2. The minimum absolute atomic E-state index is 0.176. The van der Waals surface area contributed by atoms with E-state index in [1.807, 2.05) is 57.3 Å². The maximum absolute atomic E-state index is 11.9. The largest absolute Gasteiger partial charge is 0.376 e. The fourth-order valence-corrected chi connectivity index (χ4v) is 2.78. The average Bonchev–Trinajstić information content (AvgIpc) is 2.86. The highest BCUT2D eigenvalue weighted by atomic mass is 16.2. The van der Waals surface area contributed by atoms with Crippen LogP contribution in [-0.2, 0) is 11.8 Å². The van der Waals surface area contributed by atoms with Gasteiger partial charge in [0.05, 0.1) is 12.8 Å². The van der Waals surface area contributed by atoms with Crippen LogP contribution in [0.25, 0.3) is 10.9 Å². The number of anilines is 1. The van der Waals surface area contributed by atoms with Crippen molar-refractivity contribution >= 4 is 28.7 Å². The molecule has 2 aromatic carbocycles. The van der Waals surface area contributed by atoms with E-state index in [2.05, 4.69) is 32.5 Å². The molecule has 25 heavy (non-hydrogen) atoms. The Morgan fingerprint density at radius 3 is 2.60 bits per heavy atom. The summed E-state index contributed by atoms with van der Waals surface area (Å²) in [6, 6.07) is 16.1. The van der Waals surface area contributed by atoms with Crippen LogP contribution in [0.15, 0.2) is 53.6 Å². The lowest BCUT2D eigenvalue weighted by Crippen LogP contribution is -2.25. The van der Waals surface area contributed by atoms with Crippen LogP contribution in [0, 0.1) is 13.8 Å². The first-order valence-corrected chi connectivity index (χ1v) is 8.22. The molecule has 128 valence electrons. The minimum Gasteiger partial charge on any atom is -0.376 e. The van der Waals surface area contributed by atoms with Crippen molar-refractivity contribution in [2.45, 2.75) is 13.8 Å². The van der Waals surface area contributed by atoms with Crippen molar-refractivity contribution in [3.8, 4) is 0 Å². The number of carbonyl (C=O) groups is 1. The van der Waals surface area contributed by atoms with Gasteiger partial charge in [-0.25, -0.2) is 5.43 Å². The van der Waals surface area contributed by atoms with E-state index in [4.69, 9.17) is 0 Å². The highest BCUT2D eigenvalue weighted by Crippen LogP contribution is 2.22. The monoisotopic (exact) mass is 334 g/mol. The van der Waals surface area contributed by atoms with E-state index < -0.39 is 0 Å². The second-order valence-electron chi connectivity index (χ2n) is 6.09. The Hall–Kier alpha value is -3.08. The quantitative estimate of drug-likeness (QED) is 0.555. The number of hydrazone groups is 1. The summed E-state index contributed by atoms with van der Waals surface area (Å²) >= 11 is 0. The van der Waals surface area contributed by atoms with Gasteiger partial charge in [-0.05, 0) is 32.0 Å². The SMILES string of the molecule is Cc1ccc(NCC(=O)N/N=C\c2c(C)n(C)c3ccccc23)cc1. The molecular weight excluding hydrogens is 312 g/mol. The number of carbonyl (C=O) groups excluding carboxylic acids is 1. The number of nitrogens with zero attached hydrogens (tertiary/aromatic N) is 2. The maximum atomic E-state index is 11.9. The van der Waals surface area contributed by atoms with Gasteiger partial charge in [0.2, 0.25) is 0 Å². The summed E-state index contributed by atoms with van der Waals surface area (Å²) in [6.07, 6.45) is 1.71. The Bertz CT molecular complexity index is 923. The van der Waals surface area contributed by atoms with Crippen LogP contribution in [0.5, 0.6) is 0 Å². The molecular formula is C20H22N4O. The van der Waals surface area contributed by atoms with E-state index in [-0.39, 0.29) is 12.5 Å². The maximum Gasteiger partial charge on any atom is 0.259 e. The number of hydrogen-bond donors (Lipinski definition) is 2. The molecule has 0 bridgehead atoms. The molecule has 0 atom stereocenters. The third-order valence-corrected chi connectivity index (χ3v) is 4.34. The van der Waals surface area contributed by atoms with Gasteiger partial charge in [0, 0.05) is 34.9 Å². The number of benzene rings is 2. The van der Waals surface area contributed by atoms with Crippen LogP contribution in [0.4, 0.5) is 5.69 Å².